The van der Waals surface area contributed by atoms with Crippen molar-refractivity contribution in [2.75, 3.05) is 0 Å². The normalized spacial score (nSPS) is 12.4. The first-order chi connectivity index (χ1) is 12.9. The average Bonchev–Trinajstić information content (AvgIpc) is 3.10. The van der Waals surface area contributed by atoms with Crippen LogP contribution in [0.2, 0.25) is 15.1 Å². The Morgan fingerprint density at radius 1 is 1.00 bits per heavy atom. The highest BCUT2D eigenvalue weighted by molar-refractivity contribution is 7.89. The standard InChI is InChI=1S/C16H9Cl3F3N3O2S/c17-11-5-9(6-12(18)14(11)19)8-4-10(16(20,21)22)15(25-3-1-2-24-25)13(7-8)28(23,26)27/h1-7H,(H2,23,26,27). The van der Waals surface area contributed by atoms with Crippen LogP contribution < -0.4 is 5.14 Å². The third-order valence-corrected chi connectivity index (χ3v) is 5.86. The number of halogens is 6. The van der Waals surface area contributed by atoms with Gasteiger partial charge in [0, 0.05) is 12.4 Å². The van der Waals surface area contributed by atoms with Crippen LogP contribution in [0.25, 0.3) is 16.8 Å². The lowest BCUT2D eigenvalue weighted by molar-refractivity contribution is -0.137. The summed E-state index contributed by atoms with van der Waals surface area (Å²) in [5.74, 6) is 0. The van der Waals surface area contributed by atoms with Crippen LogP contribution in [0.3, 0.4) is 0 Å². The summed E-state index contributed by atoms with van der Waals surface area (Å²) in [5.41, 5.74) is -1.95. The molecule has 28 heavy (non-hydrogen) atoms. The van der Waals surface area contributed by atoms with E-state index in [9.17, 15) is 21.6 Å². The van der Waals surface area contributed by atoms with Gasteiger partial charge >= 0.3 is 6.18 Å². The number of aromatic nitrogens is 2. The van der Waals surface area contributed by atoms with Crippen molar-refractivity contribution in [3.63, 3.8) is 0 Å². The molecule has 1 aromatic heterocycles. The molecule has 3 aromatic rings. The molecule has 0 spiro atoms. The van der Waals surface area contributed by atoms with E-state index in [-0.39, 0.29) is 26.2 Å². The quantitative estimate of drug-likeness (QED) is 0.537. The van der Waals surface area contributed by atoms with Crippen molar-refractivity contribution in [3.8, 4) is 16.8 Å². The van der Waals surface area contributed by atoms with Gasteiger partial charge in [-0.25, -0.2) is 18.2 Å². The Hall–Kier alpha value is -1.78. The Morgan fingerprint density at radius 3 is 2.04 bits per heavy atom. The van der Waals surface area contributed by atoms with Gasteiger partial charge in [0.25, 0.3) is 0 Å². The van der Waals surface area contributed by atoms with Gasteiger partial charge in [0.1, 0.15) is 4.90 Å². The largest absolute Gasteiger partial charge is 0.418 e. The van der Waals surface area contributed by atoms with Crippen molar-refractivity contribution < 1.29 is 21.6 Å². The third-order valence-electron chi connectivity index (χ3n) is 3.74. The van der Waals surface area contributed by atoms with Crippen LogP contribution in [0.15, 0.2) is 47.6 Å². The second-order valence-electron chi connectivity index (χ2n) is 5.62. The molecular weight excluding hydrogens is 462 g/mol. The molecule has 1 heterocycles. The number of hydrogen-bond acceptors (Lipinski definition) is 3. The van der Waals surface area contributed by atoms with Crippen LogP contribution in [0, 0.1) is 0 Å². The Bertz CT molecular complexity index is 1140. The van der Waals surface area contributed by atoms with Crippen LogP contribution in [-0.4, -0.2) is 18.2 Å². The molecule has 0 atom stereocenters. The van der Waals surface area contributed by atoms with Gasteiger partial charge in [-0.3, -0.25) is 0 Å². The Kier molecular flexibility index (Phi) is 5.41. The molecule has 12 heteroatoms. The number of nitrogens with zero attached hydrogens (tertiary/aromatic N) is 2. The maximum Gasteiger partial charge on any atom is 0.418 e. The van der Waals surface area contributed by atoms with Crippen molar-refractivity contribution in [3.05, 3.63) is 63.4 Å². The lowest BCUT2D eigenvalue weighted by Crippen LogP contribution is -2.20. The fourth-order valence-corrected chi connectivity index (χ4v) is 3.93. The zero-order valence-electron chi connectivity index (χ0n) is 13.5. The SMILES string of the molecule is NS(=O)(=O)c1cc(-c2cc(Cl)c(Cl)c(Cl)c2)cc(C(F)(F)F)c1-n1cccn1. The van der Waals surface area contributed by atoms with Gasteiger partial charge in [-0.05, 0) is 41.5 Å². The van der Waals surface area contributed by atoms with Gasteiger partial charge < -0.3 is 0 Å². The molecule has 0 bridgehead atoms. The summed E-state index contributed by atoms with van der Waals surface area (Å²) in [7, 11) is -4.55. The van der Waals surface area contributed by atoms with E-state index in [1.165, 1.54) is 30.6 Å². The minimum Gasteiger partial charge on any atom is -0.239 e. The zero-order valence-corrected chi connectivity index (χ0v) is 16.6. The molecule has 0 unspecified atom stereocenters. The molecule has 0 saturated heterocycles. The van der Waals surface area contributed by atoms with Crippen LogP contribution in [0.5, 0.6) is 0 Å². The second-order valence-corrected chi connectivity index (χ2v) is 8.34. The molecular formula is C16H9Cl3F3N3O2S. The van der Waals surface area contributed by atoms with Gasteiger partial charge in [0.2, 0.25) is 10.0 Å². The maximum atomic E-state index is 13.8. The minimum atomic E-state index is -4.91. The highest BCUT2D eigenvalue weighted by atomic mass is 35.5. The van der Waals surface area contributed by atoms with Crippen molar-refractivity contribution in [2.45, 2.75) is 11.1 Å². The van der Waals surface area contributed by atoms with Crippen LogP contribution in [-0.2, 0) is 16.2 Å². The van der Waals surface area contributed by atoms with Gasteiger partial charge in [0.05, 0.1) is 26.3 Å². The fourth-order valence-electron chi connectivity index (χ4n) is 2.57. The Morgan fingerprint density at radius 2 is 1.57 bits per heavy atom. The number of benzene rings is 2. The Balaban J connectivity index is 2.43. The van der Waals surface area contributed by atoms with E-state index in [2.05, 4.69) is 5.10 Å². The van der Waals surface area contributed by atoms with Crippen LogP contribution in [0.1, 0.15) is 5.56 Å². The molecule has 0 aliphatic heterocycles. The highest BCUT2D eigenvalue weighted by Crippen LogP contribution is 2.41. The Labute approximate surface area is 172 Å². The van der Waals surface area contributed by atoms with E-state index in [1.807, 2.05) is 0 Å². The maximum absolute atomic E-state index is 13.8. The number of sulfonamides is 1. The van der Waals surface area contributed by atoms with Crippen molar-refractivity contribution in [1.29, 1.82) is 0 Å². The topological polar surface area (TPSA) is 78.0 Å². The van der Waals surface area contributed by atoms with Gasteiger partial charge in [-0.2, -0.15) is 18.3 Å². The van der Waals surface area contributed by atoms with Crippen molar-refractivity contribution in [1.82, 2.24) is 9.78 Å². The molecule has 0 amide bonds. The first-order valence-corrected chi connectivity index (χ1v) is 10.0. The summed E-state index contributed by atoms with van der Waals surface area (Å²) in [5, 5.41) is 8.91. The molecule has 3 rings (SSSR count). The monoisotopic (exact) mass is 469 g/mol. The highest BCUT2D eigenvalue weighted by Gasteiger charge is 2.38. The van der Waals surface area contributed by atoms with Gasteiger partial charge in [-0.15, -0.1) is 0 Å². The van der Waals surface area contributed by atoms with E-state index >= 15 is 0 Å². The van der Waals surface area contributed by atoms with Crippen LogP contribution >= 0.6 is 34.8 Å². The van der Waals surface area contributed by atoms with E-state index < -0.39 is 32.3 Å². The van der Waals surface area contributed by atoms with E-state index in [4.69, 9.17) is 39.9 Å². The predicted octanol–water partition coefficient (Wildman–Crippen LogP) is 5.17. The minimum absolute atomic E-state index is 0.00830. The molecule has 0 radical (unpaired) electrons. The average molecular weight is 471 g/mol. The molecule has 0 aliphatic rings. The van der Waals surface area contributed by atoms with Crippen molar-refractivity contribution in [2.24, 2.45) is 5.14 Å². The summed E-state index contributed by atoms with van der Waals surface area (Å²) in [4.78, 5) is -0.761. The number of hydrogen-bond donors (Lipinski definition) is 1. The predicted molar refractivity (Wildman–Crippen MR) is 100 cm³/mol. The fraction of sp³-hybridized carbons (Fsp3) is 0.0625. The van der Waals surface area contributed by atoms with E-state index in [0.717, 1.165) is 16.8 Å². The zero-order chi connectivity index (χ0) is 20.9. The number of nitrogens with two attached hydrogens (primary N) is 1. The van der Waals surface area contributed by atoms with Crippen molar-refractivity contribution >= 4 is 44.8 Å². The first kappa shape index (κ1) is 20.9. The molecule has 0 aliphatic carbocycles. The number of alkyl halides is 3. The second kappa shape index (κ2) is 7.23. The van der Waals surface area contributed by atoms with E-state index in [0.29, 0.717) is 0 Å². The molecule has 148 valence electrons. The summed E-state index contributed by atoms with van der Waals surface area (Å²) in [6.07, 6.45) is -2.52. The lowest BCUT2D eigenvalue weighted by Gasteiger charge is -2.18. The summed E-state index contributed by atoms with van der Waals surface area (Å²) in [6.45, 7) is 0. The molecule has 2 N–H and O–H groups in total. The number of primary sulfonamides is 1. The molecule has 2 aromatic carbocycles. The lowest BCUT2D eigenvalue weighted by atomic mass is 10.0. The molecule has 5 nitrogen and oxygen atoms in total. The first-order valence-electron chi connectivity index (χ1n) is 7.32. The molecule has 0 fully saturated rings. The van der Waals surface area contributed by atoms with Gasteiger partial charge in [-0.1, -0.05) is 34.8 Å². The summed E-state index contributed by atoms with van der Waals surface area (Å²) < 4.78 is 66.3. The third kappa shape index (κ3) is 3.99. The van der Waals surface area contributed by atoms with Crippen LogP contribution in [0.4, 0.5) is 13.2 Å². The summed E-state index contributed by atoms with van der Waals surface area (Å²) in [6, 6.07) is 5.65. The van der Waals surface area contributed by atoms with E-state index in [1.54, 1.807) is 0 Å². The number of rotatable bonds is 3. The van der Waals surface area contributed by atoms with Gasteiger partial charge in [0.15, 0.2) is 0 Å². The summed E-state index contributed by atoms with van der Waals surface area (Å²) >= 11 is 17.8. The molecule has 0 saturated carbocycles. The smallest absolute Gasteiger partial charge is 0.239 e.